The van der Waals surface area contributed by atoms with Crippen LogP contribution < -0.4 is 11.1 Å². The molecule has 0 radical (unpaired) electrons. The summed E-state index contributed by atoms with van der Waals surface area (Å²) in [4.78, 5) is 5.96. The van der Waals surface area contributed by atoms with E-state index in [1.54, 1.807) is 20.5 Å². The second-order valence-corrected chi connectivity index (χ2v) is 3.12. The minimum atomic E-state index is 0.508. The van der Waals surface area contributed by atoms with E-state index in [1.807, 2.05) is 13.1 Å². The molecule has 0 bridgehead atoms. The second-order valence-electron chi connectivity index (χ2n) is 3.12. The fraction of sp³-hybridized carbons (Fsp3) is 0.700. The van der Waals surface area contributed by atoms with Gasteiger partial charge in [-0.05, 0) is 12.5 Å². The van der Waals surface area contributed by atoms with Crippen LogP contribution in [0.15, 0.2) is 16.9 Å². The number of aliphatic imine (C=N–C) groups is 1. The molecule has 5 nitrogen and oxygen atoms in total. The van der Waals surface area contributed by atoms with E-state index in [9.17, 15) is 0 Å². The van der Waals surface area contributed by atoms with Gasteiger partial charge in [0.2, 0.25) is 0 Å². The Morgan fingerprint density at radius 2 is 2.33 bits per heavy atom. The summed E-state index contributed by atoms with van der Waals surface area (Å²) in [5, 5.41) is 3.07. The second kappa shape index (κ2) is 9.48. The average Bonchev–Trinajstić information content (AvgIpc) is 2.24. The Hall–Kier alpha value is -1.07. The van der Waals surface area contributed by atoms with Gasteiger partial charge in [-0.2, -0.15) is 0 Å². The van der Waals surface area contributed by atoms with E-state index in [4.69, 9.17) is 10.5 Å². The van der Waals surface area contributed by atoms with E-state index >= 15 is 0 Å². The number of nitrogens with two attached hydrogens (primary N) is 1. The zero-order valence-electron chi connectivity index (χ0n) is 9.86. The van der Waals surface area contributed by atoms with E-state index < -0.39 is 0 Å². The van der Waals surface area contributed by atoms with Gasteiger partial charge >= 0.3 is 0 Å². The minimum Gasteiger partial charge on any atom is -0.385 e. The SMILES string of the molecule is CN=CN/C(=C\CN)N(C)CCCOC. The molecule has 0 saturated heterocycles. The third-order valence-electron chi connectivity index (χ3n) is 1.91. The Bertz CT molecular complexity index is 204. The van der Waals surface area contributed by atoms with Gasteiger partial charge in [0.05, 0.1) is 6.34 Å². The standard InChI is InChI=1S/C10H22N4O/c1-12-9-13-10(5-6-11)14(2)7-4-8-15-3/h5,9H,4,6-8,11H2,1-3H3,(H,12,13)/b10-5+. The highest BCUT2D eigenvalue weighted by atomic mass is 16.5. The number of hydrogen-bond acceptors (Lipinski definition) is 4. The molecule has 0 aliphatic carbocycles. The Labute approximate surface area is 92.0 Å². The molecule has 0 atom stereocenters. The molecule has 0 amide bonds. The van der Waals surface area contributed by atoms with Crippen molar-refractivity contribution in [2.24, 2.45) is 10.7 Å². The highest BCUT2D eigenvalue weighted by molar-refractivity contribution is 5.56. The molecule has 0 aromatic heterocycles. The van der Waals surface area contributed by atoms with Crippen LogP contribution in [0.25, 0.3) is 0 Å². The zero-order chi connectivity index (χ0) is 11.5. The number of methoxy groups -OCH3 is 1. The first-order valence-corrected chi connectivity index (χ1v) is 5.03. The summed E-state index contributed by atoms with van der Waals surface area (Å²) in [6.45, 7) is 2.20. The van der Waals surface area contributed by atoms with E-state index in [-0.39, 0.29) is 0 Å². The first-order valence-electron chi connectivity index (χ1n) is 5.03. The Kier molecular flexibility index (Phi) is 8.81. The molecule has 0 aromatic rings. The van der Waals surface area contributed by atoms with Crippen LogP contribution >= 0.6 is 0 Å². The molecule has 15 heavy (non-hydrogen) atoms. The normalized spacial score (nSPS) is 12.1. The van der Waals surface area contributed by atoms with Crippen molar-refractivity contribution in [2.45, 2.75) is 6.42 Å². The summed E-state index contributed by atoms with van der Waals surface area (Å²) in [7, 11) is 5.43. The quantitative estimate of drug-likeness (QED) is 0.339. The monoisotopic (exact) mass is 214 g/mol. The van der Waals surface area contributed by atoms with Crippen molar-refractivity contribution < 1.29 is 4.74 Å². The maximum absolute atomic E-state index is 5.48. The van der Waals surface area contributed by atoms with Gasteiger partial charge in [-0.1, -0.05) is 0 Å². The van der Waals surface area contributed by atoms with Gasteiger partial charge in [-0.3, -0.25) is 4.99 Å². The maximum atomic E-state index is 5.48. The number of rotatable bonds is 8. The number of hydrogen-bond donors (Lipinski definition) is 2. The fourth-order valence-electron chi connectivity index (χ4n) is 1.13. The van der Waals surface area contributed by atoms with Crippen LogP contribution in [0.5, 0.6) is 0 Å². The zero-order valence-corrected chi connectivity index (χ0v) is 9.86. The third-order valence-corrected chi connectivity index (χ3v) is 1.91. The van der Waals surface area contributed by atoms with Crippen LogP contribution in [0.4, 0.5) is 0 Å². The van der Waals surface area contributed by atoms with E-state index in [0.29, 0.717) is 6.54 Å². The van der Waals surface area contributed by atoms with Crippen LogP contribution in [-0.4, -0.2) is 52.1 Å². The summed E-state index contributed by atoms with van der Waals surface area (Å²) in [5.41, 5.74) is 5.48. The maximum Gasteiger partial charge on any atom is 0.103 e. The average molecular weight is 214 g/mol. The van der Waals surface area contributed by atoms with Crippen molar-refractivity contribution in [1.29, 1.82) is 0 Å². The Morgan fingerprint density at radius 3 is 2.87 bits per heavy atom. The van der Waals surface area contributed by atoms with Gasteiger partial charge in [0, 0.05) is 40.9 Å². The third kappa shape index (κ3) is 6.93. The predicted molar refractivity (Wildman–Crippen MR) is 63.8 cm³/mol. The van der Waals surface area contributed by atoms with Gasteiger partial charge < -0.3 is 20.7 Å². The summed E-state index contributed by atoms with van der Waals surface area (Å²) in [6, 6.07) is 0. The van der Waals surface area contributed by atoms with Crippen LogP contribution in [-0.2, 0) is 4.74 Å². The lowest BCUT2D eigenvalue weighted by molar-refractivity contribution is 0.184. The van der Waals surface area contributed by atoms with E-state index in [0.717, 1.165) is 25.4 Å². The summed E-state index contributed by atoms with van der Waals surface area (Å²) >= 11 is 0. The summed E-state index contributed by atoms with van der Waals surface area (Å²) in [6.07, 6.45) is 4.56. The van der Waals surface area contributed by atoms with Crippen molar-refractivity contribution in [3.05, 3.63) is 11.9 Å². The Balaban J connectivity index is 4.04. The number of nitrogens with one attached hydrogen (secondary N) is 1. The molecule has 0 aliphatic rings. The molecule has 0 aromatic carbocycles. The topological polar surface area (TPSA) is 62.9 Å². The van der Waals surface area contributed by atoms with Gasteiger partial charge in [0.25, 0.3) is 0 Å². The highest BCUT2D eigenvalue weighted by Gasteiger charge is 2.01. The van der Waals surface area contributed by atoms with Crippen LogP contribution in [0.3, 0.4) is 0 Å². The molecule has 5 heteroatoms. The van der Waals surface area contributed by atoms with Crippen molar-refractivity contribution >= 4 is 6.34 Å². The predicted octanol–water partition coefficient (Wildman–Crippen LogP) is 0.00250. The molecule has 0 fully saturated rings. The van der Waals surface area contributed by atoms with Crippen molar-refractivity contribution in [1.82, 2.24) is 10.2 Å². The largest absolute Gasteiger partial charge is 0.385 e. The van der Waals surface area contributed by atoms with Crippen LogP contribution in [0.1, 0.15) is 6.42 Å². The lowest BCUT2D eigenvalue weighted by Crippen LogP contribution is -2.30. The molecular weight excluding hydrogens is 192 g/mol. The summed E-state index contributed by atoms with van der Waals surface area (Å²) < 4.78 is 5.00. The van der Waals surface area contributed by atoms with Gasteiger partial charge in [-0.25, -0.2) is 0 Å². The molecule has 0 aliphatic heterocycles. The van der Waals surface area contributed by atoms with E-state index in [1.165, 1.54) is 0 Å². The van der Waals surface area contributed by atoms with Gasteiger partial charge in [-0.15, -0.1) is 0 Å². The molecule has 3 N–H and O–H groups in total. The van der Waals surface area contributed by atoms with Crippen molar-refractivity contribution in [3.63, 3.8) is 0 Å². The molecule has 0 unspecified atom stereocenters. The van der Waals surface area contributed by atoms with Crippen LogP contribution in [0, 0.1) is 0 Å². The fourth-order valence-corrected chi connectivity index (χ4v) is 1.13. The molecule has 0 heterocycles. The van der Waals surface area contributed by atoms with Crippen molar-refractivity contribution in [3.8, 4) is 0 Å². The molecule has 0 saturated carbocycles. The molecule has 88 valence electrons. The van der Waals surface area contributed by atoms with Gasteiger partial charge in [0.15, 0.2) is 0 Å². The highest BCUT2D eigenvalue weighted by Crippen LogP contribution is 1.97. The van der Waals surface area contributed by atoms with Gasteiger partial charge in [0.1, 0.15) is 5.82 Å². The first-order chi connectivity index (χ1) is 7.26. The Morgan fingerprint density at radius 1 is 1.60 bits per heavy atom. The first kappa shape index (κ1) is 13.9. The molecule has 0 rings (SSSR count). The van der Waals surface area contributed by atoms with E-state index in [2.05, 4.69) is 15.2 Å². The smallest absolute Gasteiger partial charge is 0.103 e. The summed E-state index contributed by atoms with van der Waals surface area (Å²) in [5.74, 6) is 0.971. The minimum absolute atomic E-state index is 0.508. The lowest BCUT2D eigenvalue weighted by Gasteiger charge is -2.22. The molecular formula is C10H22N4O. The molecule has 0 spiro atoms. The lowest BCUT2D eigenvalue weighted by atomic mass is 10.4. The number of nitrogens with zero attached hydrogens (tertiary/aromatic N) is 2. The van der Waals surface area contributed by atoms with Crippen LogP contribution in [0.2, 0.25) is 0 Å². The van der Waals surface area contributed by atoms with Crippen molar-refractivity contribution in [2.75, 3.05) is 40.9 Å². The number of ether oxygens (including phenoxy) is 1.